The van der Waals surface area contributed by atoms with Gasteiger partial charge in [-0.15, -0.1) is 0 Å². The van der Waals surface area contributed by atoms with Gasteiger partial charge in [0.05, 0.1) is 11.9 Å². The van der Waals surface area contributed by atoms with E-state index in [2.05, 4.69) is 32.5 Å². The maximum atomic E-state index is 11.8. The predicted molar refractivity (Wildman–Crippen MR) is 122 cm³/mol. The van der Waals surface area contributed by atoms with Crippen LogP contribution < -0.4 is 20.1 Å². The van der Waals surface area contributed by atoms with Crippen molar-refractivity contribution < 1.29 is 13.2 Å². The van der Waals surface area contributed by atoms with Gasteiger partial charge in [0, 0.05) is 25.7 Å². The summed E-state index contributed by atoms with van der Waals surface area (Å²) < 4.78 is 31.8. The number of benzene rings is 2. The van der Waals surface area contributed by atoms with E-state index in [-0.39, 0.29) is 11.9 Å². The lowest BCUT2D eigenvalue weighted by Crippen LogP contribution is -2.36. The zero-order chi connectivity index (χ0) is 22.1. The number of guanidine groups is 1. The van der Waals surface area contributed by atoms with Crippen LogP contribution in [-0.4, -0.2) is 34.6 Å². The standard InChI is InChI=1S/C22H32N4O3S/c1-16(2)29-21-11-17(3)9-10-20(21)14-26-22(23-4)25-13-18-7-6-8-19(12-18)15-30(27,28)24-5/h6-12,16,24H,13-15H2,1-5H3,(H2,23,25,26). The Morgan fingerprint density at radius 3 is 2.43 bits per heavy atom. The van der Waals surface area contributed by atoms with E-state index in [1.807, 2.05) is 45.0 Å². The zero-order valence-electron chi connectivity index (χ0n) is 18.3. The van der Waals surface area contributed by atoms with Crippen LogP contribution in [0.4, 0.5) is 0 Å². The number of hydrogen-bond donors (Lipinski definition) is 3. The SMILES string of the molecule is CN=C(NCc1cccc(CS(=O)(=O)NC)c1)NCc1ccc(C)cc1OC(C)C. The summed E-state index contributed by atoms with van der Waals surface area (Å²) in [4.78, 5) is 4.27. The second-order valence-electron chi connectivity index (χ2n) is 7.34. The Kier molecular flexibility index (Phi) is 8.68. The first-order valence-corrected chi connectivity index (χ1v) is 11.6. The van der Waals surface area contributed by atoms with Crippen molar-refractivity contribution in [3.63, 3.8) is 0 Å². The van der Waals surface area contributed by atoms with Gasteiger partial charge >= 0.3 is 0 Å². The Balaban J connectivity index is 1.98. The minimum Gasteiger partial charge on any atom is -0.491 e. The molecule has 0 atom stereocenters. The van der Waals surface area contributed by atoms with E-state index in [4.69, 9.17) is 4.74 Å². The van der Waals surface area contributed by atoms with Crippen LogP contribution in [0.25, 0.3) is 0 Å². The Labute approximate surface area is 180 Å². The highest BCUT2D eigenvalue weighted by Crippen LogP contribution is 2.21. The van der Waals surface area contributed by atoms with Crippen LogP contribution in [0.15, 0.2) is 47.5 Å². The molecule has 0 saturated heterocycles. The fourth-order valence-corrected chi connectivity index (χ4v) is 3.64. The van der Waals surface area contributed by atoms with Gasteiger partial charge in [-0.1, -0.05) is 36.4 Å². The van der Waals surface area contributed by atoms with Crippen molar-refractivity contribution in [2.45, 2.75) is 45.7 Å². The fraction of sp³-hybridized carbons (Fsp3) is 0.409. The quantitative estimate of drug-likeness (QED) is 0.419. The maximum Gasteiger partial charge on any atom is 0.215 e. The van der Waals surface area contributed by atoms with Gasteiger partial charge in [0.2, 0.25) is 10.0 Å². The van der Waals surface area contributed by atoms with Gasteiger partial charge in [-0.05, 0) is 50.6 Å². The average Bonchev–Trinajstić information content (AvgIpc) is 2.69. The van der Waals surface area contributed by atoms with Crippen LogP contribution in [-0.2, 0) is 28.9 Å². The lowest BCUT2D eigenvalue weighted by molar-refractivity contribution is 0.239. The molecule has 0 aliphatic rings. The number of nitrogens with one attached hydrogen (secondary N) is 3. The third-order valence-electron chi connectivity index (χ3n) is 4.37. The van der Waals surface area contributed by atoms with Crippen LogP contribution in [0.2, 0.25) is 0 Å². The van der Waals surface area contributed by atoms with Crippen LogP contribution in [0.3, 0.4) is 0 Å². The molecule has 0 aromatic heterocycles. The molecule has 164 valence electrons. The zero-order valence-corrected chi connectivity index (χ0v) is 19.1. The van der Waals surface area contributed by atoms with Crippen LogP contribution >= 0.6 is 0 Å². The van der Waals surface area contributed by atoms with Gasteiger partial charge in [-0.25, -0.2) is 13.1 Å². The lowest BCUT2D eigenvalue weighted by atomic mass is 10.1. The summed E-state index contributed by atoms with van der Waals surface area (Å²) in [7, 11) is -0.166. The first-order valence-electron chi connectivity index (χ1n) is 9.92. The molecule has 0 aliphatic carbocycles. The van der Waals surface area contributed by atoms with Crippen LogP contribution in [0, 0.1) is 6.92 Å². The molecule has 0 saturated carbocycles. The topological polar surface area (TPSA) is 91.8 Å². The molecule has 30 heavy (non-hydrogen) atoms. The molecule has 8 heteroatoms. The highest BCUT2D eigenvalue weighted by Gasteiger charge is 2.10. The van der Waals surface area contributed by atoms with Crippen molar-refractivity contribution >= 4 is 16.0 Å². The Morgan fingerprint density at radius 1 is 1.07 bits per heavy atom. The molecule has 2 rings (SSSR count). The third-order valence-corrected chi connectivity index (χ3v) is 5.71. The number of aryl methyl sites for hydroxylation is 1. The smallest absolute Gasteiger partial charge is 0.215 e. The molecule has 2 aromatic carbocycles. The minimum atomic E-state index is -3.30. The monoisotopic (exact) mass is 432 g/mol. The summed E-state index contributed by atoms with van der Waals surface area (Å²) in [6, 6.07) is 13.6. The van der Waals surface area contributed by atoms with E-state index in [9.17, 15) is 8.42 Å². The first kappa shape index (κ1) is 23.7. The number of ether oxygens (including phenoxy) is 1. The molecule has 3 N–H and O–H groups in total. The van der Waals surface area contributed by atoms with E-state index >= 15 is 0 Å². The van der Waals surface area contributed by atoms with Crippen molar-refractivity contribution in [3.8, 4) is 5.75 Å². The summed E-state index contributed by atoms with van der Waals surface area (Å²) in [5.41, 5.74) is 3.91. The number of aliphatic imine (C=N–C) groups is 1. The maximum absolute atomic E-state index is 11.8. The van der Waals surface area contributed by atoms with E-state index in [1.165, 1.54) is 7.05 Å². The molecular weight excluding hydrogens is 400 g/mol. The molecule has 0 radical (unpaired) electrons. The molecule has 7 nitrogen and oxygen atoms in total. The van der Waals surface area contributed by atoms with E-state index in [0.717, 1.165) is 28.0 Å². The number of nitrogens with zero attached hydrogens (tertiary/aromatic N) is 1. The largest absolute Gasteiger partial charge is 0.491 e. The van der Waals surface area contributed by atoms with Crippen molar-refractivity contribution in [2.75, 3.05) is 14.1 Å². The normalized spacial score (nSPS) is 12.1. The summed E-state index contributed by atoms with van der Waals surface area (Å²) in [5, 5.41) is 6.57. The lowest BCUT2D eigenvalue weighted by Gasteiger charge is -2.17. The van der Waals surface area contributed by atoms with E-state index in [1.54, 1.807) is 13.1 Å². The molecule has 0 spiro atoms. The molecule has 0 unspecified atom stereocenters. The minimum absolute atomic E-state index is 0.0453. The Bertz CT molecular complexity index is 972. The van der Waals surface area contributed by atoms with Gasteiger partial charge in [-0.3, -0.25) is 4.99 Å². The Hall–Kier alpha value is -2.58. The summed E-state index contributed by atoms with van der Waals surface area (Å²) in [5.74, 6) is 1.47. The van der Waals surface area contributed by atoms with Crippen molar-refractivity contribution in [2.24, 2.45) is 4.99 Å². The average molecular weight is 433 g/mol. The van der Waals surface area contributed by atoms with Gasteiger partial charge in [-0.2, -0.15) is 0 Å². The van der Waals surface area contributed by atoms with Crippen molar-refractivity contribution in [1.29, 1.82) is 0 Å². The van der Waals surface area contributed by atoms with Crippen LogP contribution in [0.1, 0.15) is 36.1 Å². The van der Waals surface area contributed by atoms with Gasteiger partial charge in [0.25, 0.3) is 0 Å². The number of hydrogen-bond acceptors (Lipinski definition) is 4. The second kappa shape index (κ2) is 11.0. The molecule has 0 amide bonds. The Morgan fingerprint density at radius 2 is 1.77 bits per heavy atom. The molecule has 0 bridgehead atoms. The van der Waals surface area contributed by atoms with Gasteiger partial charge < -0.3 is 15.4 Å². The van der Waals surface area contributed by atoms with E-state index < -0.39 is 10.0 Å². The number of rotatable bonds is 9. The molecule has 0 fully saturated rings. The fourth-order valence-electron chi connectivity index (χ4n) is 2.88. The number of sulfonamides is 1. The van der Waals surface area contributed by atoms with Gasteiger partial charge in [0.1, 0.15) is 5.75 Å². The predicted octanol–water partition coefficient (Wildman–Crippen LogP) is 2.70. The van der Waals surface area contributed by atoms with Gasteiger partial charge in [0.15, 0.2) is 5.96 Å². The highest BCUT2D eigenvalue weighted by molar-refractivity contribution is 7.88. The van der Waals surface area contributed by atoms with Crippen LogP contribution in [0.5, 0.6) is 5.75 Å². The van der Waals surface area contributed by atoms with E-state index in [0.29, 0.717) is 19.0 Å². The molecule has 2 aromatic rings. The first-order chi connectivity index (χ1) is 14.2. The summed E-state index contributed by atoms with van der Waals surface area (Å²) >= 11 is 0. The molecule has 0 aliphatic heterocycles. The second-order valence-corrected chi connectivity index (χ2v) is 9.27. The summed E-state index contributed by atoms with van der Waals surface area (Å²) in [6.45, 7) is 7.16. The summed E-state index contributed by atoms with van der Waals surface area (Å²) in [6.07, 6.45) is 0.0991. The molecule has 0 heterocycles. The van der Waals surface area contributed by atoms with Crippen molar-refractivity contribution in [1.82, 2.24) is 15.4 Å². The molecular formula is C22H32N4O3S. The third kappa shape index (κ3) is 7.68. The highest BCUT2D eigenvalue weighted by atomic mass is 32.2. The van der Waals surface area contributed by atoms with Crippen molar-refractivity contribution in [3.05, 3.63) is 64.7 Å².